The van der Waals surface area contributed by atoms with E-state index < -0.39 is 0 Å². The molecule has 3 N–H and O–H groups in total. The minimum atomic E-state index is 0.0648. The maximum absolute atomic E-state index is 12.5. The molecule has 0 aliphatic heterocycles. The fraction of sp³-hybridized carbons (Fsp3) is 0.467. The Morgan fingerprint density at radius 1 is 1.35 bits per heavy atom. The molecule has 5 heteroatoms. The van der Waals surface area contributed by atoms with Crippen LogP contribution in [0.25, 0.3) is 0 Å². The van der Waals surface area contributed by atoms with Crippen LogP contribution in [0.15, 0.2) is 29.4 Å². The standard InChI is InChI=1S/C15H21N3O2/c1-10-4-3-5-13(10)15(19)18(2)12-8-6-11(7-9-12)14(16)17-20/h6-10,13,20H,3-5H2,1-2H3,(H2,16,17). The van der Waals surface area contributed by atoms with Gasteiger partial charge in [0.1, 0.15) is 0 Å². The van der Waals surface area contributed by atoms with E-state index >= 15 is 0 Å². The maximum atomic E-state index is 12.5. The average Bonchev–Trinajstić information content (AvgIpc) is 2.91. The monoisotopic (exact) mass is 275 g/mol. The summed E-state index contributed by atoms with van der Waals surface area (Å²) in [5.74, 6) is 0.826. The van der Waals surface area contributed by atoms with Gasteiger partial charge in [-0.3, -0.25) is 4.79 Å². The van der Waals surface area contributed by atoms with Crippen molar-refractivity contribution in [1.82, 2.24) is 0 Å². The molecule has 2 atom stereocenters. The number of amidine groups is 1. The molecular weight excluding hydrogens is 254 g/mol. The van der Waals surface area contributed by atoms with Gasteiger partial charge in [-0.15, -0.1) is 0 Å². The molecule has 0 heterocycles. The van der Waals surface area contributed by atoms with Gasteiger partial charge in [0.25, 0.3) is 0 Å². The molecule has 0 aromatic heterocycles. The Labute approximate surface area is 119 Å². The SMILES string of the molecule is CC1CCCC1C(=O)N(C)c1ccc(/C(N)=N/O)cc1. The zero-order valence-corrected chi connectivity index (χ0v) is 11.9. The van der Waals surface area contributed by atoms with Crippen LogP contribution in [0.1, 0.15) is 31.7 Å². The summed E-state index contributed by atoms with van der Waals surface area (Å²) >= 11 is 0. The Balaban J connectivity index is 2.12. The van der Waals surface area contributed by atoms with Crippen LogP contribution in [-0.4, -0.2) is 24.0 Å². The number of anilines is 1. The highest BCUT2D eigenvalue weighted by molar-refractivity contribution is 5.98. The van der Waals surface area contributed by atoms with Crippen LogP contribution >= 0.6 is 0 Å². The average molecular weight is 275 g/mol. The first-order valence-electron chi connectivity index (χ1n) is 6.90. The number of carbonyl (C=O) groups excluding carboxylic acids is 1. The Morgan fingerprint density at radius 3 is 2.50 bits per heavy atom. The van der Waals surface area contributed by atoms with Crippen molar-refractivity contribution in [2.24, 2.45) is 22.7 Å². The minimum Gasteiger partial charge on any atom is -0.409 e. The molecule has 1 amide bonds. The second kappa shape index (κ2) is 5.94. The molecular formula is C15H21N3O2. The number of nitrogens with zero attached hydrogens (tertiary/aromatic N) is 2. The lowest BCUT2D eigenvalue weighted by Gasteiger charge is -2.23. The van der Waals surface area contributed by atoms with Crippen LogP contribution in [0.5, 0.6) is 0 Å². The largest absolute Gasteiger partial charge is 0.409 e. The molecule has 1 aliphatic carbocycles. The first-order chi connectivity index (χ1) is 9.54. The lowest BCUT2D eigenvalue weighted by atomic mass is 9.96. The van der Waals surface area contributed by atoms with Crippen molar-refractivity contribution in [3.05, 3.63) is 29.8 Å². The molecule has 0 saturated heterocycles. The van der Waals surface area contributed by atoms with Crippen molar-refractivity contribution < 1.29 is 10.0 Å². The van der Waals surface area contributed by atoms with Crippen molar-refractivity contribution in [2.45, 2.75) is 26.2 Å². The molecule has 2 unspecified atom stereocenters. The fourth-order valence-electron chi connectivity index (χ4n) is 2.80. The molecule has 108 valence electrons. The molecule has 20 heavy (non-hydrogen) atoms. The number of rotatable bonds is 3. The summed E-state index contributed by atoms with van der Waals surface area (Å²) in [7, 11) is 1.80. The van der Waals surface area contributed by atoms with Crippen molar-refractivity contribution in [1.29, 1.82) is 0 Å². The molecule has 1 saturated carbocycles. The number of benzene rings is 1. The van der Waals surface area contributed by atoms with E-state index in [1.807, 2.05) is 12.1 Å². The van der Waals surface area contributed by atoms with Gasteiger partial charge in [-0.1, -0.05) is 18.5 Å². The summed E-state index contributed by atoms with van der Waals surface area (Å²) in [6, 6.07) is 7.11. The minimum absolute atomic E-state index is 0.0648. The van der Waals surface area contributed by atoms with Gasteiger partial charge >= 0.3 is 0 Å². The first-order valence-corrected chi connectivity index (χ1v) is 6.90. The summed E-state index contributed by atoms with van der Waals surface area (Å²) in [6.45, 7) is 2.14. The third-order valence-corrected chi connectivity index (χ3v) is 4.17. The number of carbonyl (C=O) groups is 1. The van der Waals surface area contributed by atoms with Crippen LogP contribution in [0.3, 0.4) is 0 Å². The quantitative estimate of drug-likeness (QED) is 0.384. The zero-order valence-electron chi connectivity index (χ0n) is 11.9. The van der Waals surface area contributed by atoms with Crippen molar-refractivity contribution in [3.8, 4) is 0 Å². The highest BCUT2D eigenvalue weighted by Crippen LogP contribution is 2.33. The van der Waals surface area contributed by atoms with Gasteiger partial charge in [-0.25, -0.2) is 0 Å². The van der Waals surface area contributed by atoms with Crippen molar-refractivity contribution >= 4 is 17.4 Å². The van der Waals surface area contributed by atoms with Crippen LogP contribution < -0.4 is 10.6 Å². The molecule has 0 radical (unpaired) electrons. The predicted molar refractivity (Wildman–Crippen MR) is 78.9 cm³/mol. The molecule has 1 aromatic carbocycles. The normalized spacial score (nSPS) is 22.8. The second-order valence-corrected chi connectivity index (χ2v) is 5.44. The summed E-state index contributed by atoms with van der Waals surface area (Å²) in [5.41, 5.74) is 6.97. The molecule has 0 bridgehead atoms. The van der Waals surface area contributed by atoms with Gasteiger partial charge in [-0.2, -0.15) is 0 Å². The fourth-order valence-corrected chi connectivity index (χ4v) is 2.80. The first kappa shape index (κ1) is 14.4. The van der Waals surface area contributed by atoms with Crippen LogP contribution in [0.2, 0.25) is 0 Å². The Kier molecular flexibility index (Phi) is 4.27. The smallest absolute Gasteiger partial charge is 0.230 e. The topological polar surface area (TPSA) is 78.9 Å². The van der Waals surface area contributed by atoms with E-state index in [0.29, 0.717) is 11.5 Å². The summed E-state index contributed by atoms with van der Waals surface area (Å²) in [6.07, 6.45) is 3.24. The Hall–Kier alpha value is -2.04. The number of hydrogen-bond donors (Lipinski definition) is 2. The van der Waals surface area contributed by atoms with E-state index in [4.69, 9.17) is 10.9 Å². The highest BCUT2D eigenvalue weighted by Gasteiger charge is 2.31. The van der Waals surface area contributed by atoms with E-state index in [9.17, 15) is 4.79 Å². The Morgan fingerprint density at radius 2 is 2.00 bits per heavy atom. The van der Waals surface area contributed by atoms with Gasteiger partial charge in [-0.05, 0) is 43.0 Å². The van der Waals surface area contributed by atoms with Gasteiger partial charge in [0.05, 0.1) is 0 Å². The maximum Gasteiger partial charge on any atom is 0.230 e. The zero-order chi connectivity index (χ0) is 14.7. The number of hydrogen-bond acceptors (Lipinski definition) is 3. The van der Waals surface area contributed by atoms with Crippen molar-refractivity contribution in [2.75, 3.05) is 11.9 Å². The van der Waals surface area contributed by atoms with E-state index in [-0.39, 0.29) is 17.7 Å². The van der Waals surface area contributed by atoms with Gasteiger partial charge in [0.15, 0.2) is 5.84 Å². The van der Waals surface area contributed by atoms with E-state index in [2.05, 4.69) is 12.1 Å². The molecule has 1 fully saturated rings. The number of nitrogens with two attached hydrogens (primary N) is 1. The number of oxime groups is 1. The molecule has 1 aromatic rings. The summed E-state index contributed by atoms with van der Waals surface area (Å²) in [4.78, 5) is 14.2. The van der Waals surface area contributed by atoms with Crippen LogP contribution in [0, 0.1) is 11.8 Å². The number of amides is 1. The third kappa shape index (κ3) is 2.76. The lowest BCUT2D eigenvalue weighted by molar-refractivity contribution is -0.122. The molecule has 2 rings (SSSR count). The van der Waals surface area contributed by atoms with E-state index in [1.165, 1.54) is 0 Å². The summed E-state index contributed by atoms with van der Waals surface area (Å²) < 4.78 is 0. The molecule has 1 aliphatic rings. The van der Waals surface area contributed by atoms with Crippen molar-refractivity contribution in [3.63, 3.8) is 0 Å². The lowest BCUT2D eigenvalue weighted by Crippen LogP contribution is -2.34. The molecule has 0 spiro atoms. The van der Waals surface area contributed by atoms with Gasteiger partial charge < -0.3 is 15.8 Å². The predicted octanol–water partition coefficient (Wildman–Crippen LogP) is 2.18. The highest BCUT2D eigenvalue weighted by atomic mass is 16.4. The Bertz CT molecular complexity index is 510. The van der Waals surface area contributed by atoms with Gasteiger partial charge in [0, 0.05) is 24.2 Å². The van der Waals surface area contributed by atoms with Crippen LogP contribution in [-0.2, 0) is 4.79 Å². The van der Waals surface area contributed by atoms with E-state index in [1.54, 1.807) is 24.1 Å². The van der Waals surface area contributed by atoms with Crippen LogP contribution in [0.4, 0.5) is 5.69 Å². The van der Waals surface area contributed by atoms with Gasteiger partial charge in [0.2, 0.25) is 5.91 Å². The third-order valence-electron chi connectivity index (χ3n) is 4.17. The van der Waals surface area contributed by atoms with E-state index in [0.717, 1.165) is 24.9 Å². The second-order valence-electron chi connectivity index (χ2n) is 5.44. The molecule has 5 nitrogen and oxygen atoms in total. The summed E-state index contributed by atoms with van der Waals surface area (Å²) in [5, 5.41) is 11.6.